The normalized spacial score (nSPS) is 16.7. The zero-order valence-electron chi connectivity index (χ0n) is 17.9. The smallest absolute Gasteiger partial charge is 0.422 e. The molecular weight excluding hydrogens is 475 g/mol. The molecule has 0 saturated carbocycles. The van der Waals surface area contributed by atoms with Gasteiger partial charge in [-0.05, 0) is 30.3 Å². The van der Waals surface area contributed by atoms with E-state index < -0.39 is 35.9 Å². The van der Waals surface area contributed by atoms with Gasteiger partial charge in [0.1, 0.15) is 23.0 Å². The number of pyridine rings is 1. The van der Waals surface area contributed by atoms with E-state index in [0.29, 0.717) is 5.56 Å². The molecule has 2 aliphatic rings. The Hall–Kier alpha value is -3.57. The van der Waals surface area contributed by atoms with E-state index in [9.17, 15) is 31.9 Å². The van der Waals surface area contributed by atoms with Crippen LogP contribution in [0.3, 0.4) is 0 Å². The average molecular weight is 492 g/mol. The first kappa shape index (κ1) is 23.2. The van der Waals surface area contributed by atoms with Crippen molar-refractivity contribution in [3.05, 3.63) is 77.0 Å². The molecule has 1 saturated heterocycles. The van der Waals surface area contributed by atoms with Crippen LogP contribution in [0.4, 0.5) is 27.6 Å². The number of nitrogens with zero attached hydrogens (tertiary/aromatic N) is 2. The van der Waals surface area contributed by atoms with Gasteiger partial charge in [0, 0.05) is 40.2 Å². The zero-order valence-corrected chi connectivity index (χ0v) is 17.9. The number of carbonyl (C=O) groups excluding carboxylic acids is 1. The molecule has 0 aliphatic carbocycles. The standard InChI is InChI=1S/C24H17F5N2O4/c25-13-1-3-16(20(7-13)35-12-24(27,28)29)21-17-9-31(22(32)15(17)5-6-30-21)14-2-4-18(19(26)8-14)23(33)10-34-11-23/h1-8,33H,9-12H2. The number of fused-ring (bicyclic) bond motifs is 1. The topological polar surface area (TPSA) is 71.9 Å². The summed E-state index contributed by atoms with van der Waals surface area (Å²) in [7, 11) is 0. The molecule has 3 heterocycles. The van der Waals surface area contributed by atoms with Crippen LogP contribution < -0.4 is 9.64 Å². The Morgan fingerprint density at radius 1 is 1.09 bits per heavy atom. The maximum absolute atomic E-state index is 14.8. The van der Waals surface area contributed by atoms with Crippen LogP contribution in [0, 0.1) is 11.6 Å². The maximum atomic E-state index is 14.8. The van der Waals surface area contributed by atoms with Crippen molar-refractivity contribution < 1.29 is 41.3 Å². The lowest BCUT2D eigenvalue weighted by Crippen LogP contribution is -2.47. The van der Waals surface area contributed by atoms with Gasteiger partial charge in [-0.25, -0.2) is 8.78 Å². The number of amides is 1. The van der Waals surface area contributed by atoms with Gasteiger partial charge in [-0.2, -0.15) is 13.2 Å². The summed E-state index contributed by atoms with van der Waals surface area (Å²) in [6.45, 7) is -1.77. The number of hydrogen-bond acceptors (Lipinski definition) is 5. The number of aliphatic hydroxyl groups is 1. The molecule has 11 heteroatoms. The van der Waals surface area contributed by atoms with Crippen molar-refractivity contribution in [2.75, 3.05) is 24.7 Å². The third-order valence-corrected chi connectivity index (χ3v) is 5.89. The molecule has 182 valence electrons. The van der Waals surface area contributed by atoms with Crippen molar-refractivity contribution in [3.63, 3.8) is 0 Å². The lowest BCUT2D eigenvalue weighted by atomic mass is 9.91. The number of rotatable bonds is 5. The summed E-state index contributed by atoms with van der Waals surface area (Å²) in [5.41, 5.74) is -0.336. The average Bonchev–Trinajstić information content (AvgIpc) is 3.12. The Bertz CT molecular complexity index is 1320. The van der Waals surface area contributed by atoms with Crippen LogP contribution in [-0.4, -0.2) is 42.0 Å². The molecule has 2 aromatic carbocycles. The van der Waals surface area contributed by atoms with Crippen LogP contribution in [0.15, 0.2) is 48.7 Å². The number of benzene rings is 2. The Balaban J connectivity index is 1.49. The molecule has 0 unspecified atom stereocenters. The van der Waals surface area contributed by atoms with E-state index >= 15 is 0 Å². The quantitative estimate of drug-likeness (QED) is 0.537. The monoisotopic (exact) mass is 492 g/mol. The van der Waals surface area contributed by atoms with E-state index in [4.69, 9.17) is 9.47 Å². The molecule has 6 nitrogen and oxygen atoms in total. The minimum atomic E-state index is -4.64. The highest BCUT2D eigenvalue weighted by atomic mass is 19.4. The van der Waals surface area contributed by atoms with Gasteiger partial charge in [0.15, 0.2) is 6.61 Å². The molecule has 0 bridgehead atoms. The molecule has 2 aliphatic heterocycles. The predicted octanol–water partition coefficient (Wildman–Crippen LogP) is 4.35. The lowest BCUT2D eigenvalue weighted by Gasteiger charge is -2.37. The Labute approximate surface area is 195 Å². The third-order valence-electron chi connectivity index (χ3n) is 5.89. The summed E-state index contributed by atoms with van der Waals surface area (Å²) in [6.07, 6.45) is -3.33. The van der Waals surface area contributed by atoms with Crippen molar-refractivity contribution in [1.29, 1.82) is 0 Å². The van der Waals surface area contributed by atoms with Crippen molar-refractivity contribution in [1.82, 2.24) is 4.98 Å². The number of ether oxygens (including phenoxy) is 2. The van der Waals surface area contributed by atoms with E-state index in [0.717, 1.165) is 18.2 Å². The molecular formula is C24H17F5N2O4. The number of anilines is 1. The van der Waals surface area contributed by atoms with Gasteiger partial charge in [-0.3, -0.25) is 9.78 Å². The predicted molar refractivity (Wildman–Crippen MR) is 113 cm³/mol. The fraction of sp³-hybridized carbons (Fsp3) is 0.250. The summed E-state index contributed by atoms with van der Waals surface area (Å²) >= 11 is 0. The molecule has 0 spiro atoms. The second-order valence-electron chi connectivity index (χ2n) is 8.31. The molecule has 1 aromatic heterocycles. The maximum Gasteiger partial charge on any atom is 0.422 e. The summed E-state index contributed by atoms with van der Waals surface area (Å²) in [5, 5.41) is 10.4. The van der Waals surface area contributed by atoms with Crippen molar-refractivity contribution >= 4 is 11.6 Å². The highest BCUT2D eigenvalue weighted by Gasteiger charge is 2.41. The van der Waals surface area contributed by atoms with Crippen molar-refractivity contribution in [2.45, 2.75) is 18.3 Å². The highest BCUT2D eigenvalue weighted by molar-refractivity contribution is 6.11. The number of alkyl halides is 3. The molecule has 1 amide bonds. The number of halogens is 5. The molecule has 35 heavy (non-hydrogen) atoms. The van der Waals surface area contributed by atoms with Gasteiger partial charge in [0.05, 0.1) is 25.5 Å². The Morgan fingerprint density at radius 3 is 2.51 bits per heavy atom. The first-order valence-electron chi connectivity index (χ1n) is 10.5. The Kier molecular flexibility index (Phi) is 5.48. The van der Waals surface area contributed by atoms with Crippen LogP contribution in [0.5, 0.6) is 5.75 Å². The molecule has 0 radical (unpaired) electrons. The molecule has 5 rings (SSSR count). The summed E-state index contributed by atoms with van der Waals surface area (Å²) < 4.78 is 76.5. The lowest BCUT2D eigenvalue weighted by molar-refractivity contribution is -0.186. The van der Waals surface area contributed by atoms with Gasteiger partial charge in [0.2, 0.25) is 0 Å². The SMILES string of the molecule is O=C1c2ccnc(-c3ccc(F)cc3OCC(F)(F)F)c2CN1c1ccc(C2(O)COC2)c(F)c1. The fourth-order valence-corrected chi connectivity index (χ4v) is 4.14. The van der Waals surface area contributed by atoms with Gasteiger partial charge in [-0.15, -0.1) is 0 Å². The minimum Gasteiger partial charge on any atom is -0.483 e. The molecule has 1 N–H and O–H groups in total. The number of aromatic nitrogens is 1. The number of hydrogen-bond donors (Lipinski definition) is 1. The van der Waals surface area contributed by atoms with Crippen molar-refractivity contribution in [3.8, 4) is 17.0 Å². The van der Waals surface area contributed by atoms with Crippen LogP contribution >= 0.6 is 0 Å². The summed E-state index contributed by atoms with van der Waals surface area (Å²) in [4.78, 5) is 18.6. The first-order chi connectivity index (χ1) is 16.6. The van der Waals surface area contributed by atoms with Crippen LogP contribution in [0.2, 0.25) is 0 Å². The van der Waals surface area contributed by atoms with Crippen LogP contribution in [-0.2, 0) is 16.9 Å². The zero-order chi connectivity index (χ0) is 25.0. The van der Waals surface area contributed by atoms with Gasteiger partial charge in [-0.1, -0.05) is 6.07 Å². The Morgan fingerprint density at radius 2 is 1.86 bits per heavy atom. The van der Waals surface area contributed by atoms with E-state index in [1.165, 1.54) is 35.4 Å². The molecule has 0 atom stereocenters. The van der Waals surface area contributed by atoms with Crippen LogP contribution in [0.25, 0.3) is 11.3 Å². The van der Waals surface area contributed by atoms with Gasteiger partial charge < -0.3 is 19.5 Å². The molecule has 3 aromatic rings. The van der Waals surface area contributed by atoms with Gasteiger partial charge in [0.25, 0.3) is 5.91 Å². The van der Waals surface area contributed by atoms with E-state index in [1.54, 1.807) is 0 Å². The summed E-state index contributed by atoms with van der Waals surface area (Å²) in [6, 6.07) is 8.53. The van der Waals surface area contributed by atoms with E-state index in [-0.39, 0.29) is 53.6 Å². The molecule has 1 fully saturated rings. The van der Waals surface area contributed by atoms with E-state index in [2.05, 4.69) is 4.98 Å². The largest absolute Gasteiger partial charge is 0.483 e. The van der Waals surface area contributed by atoms with Crippen LogP contribution in [0.1, 0.15) is 21.5 Å². The highest BCUT2D eigenvalue weighted by Crippen LogP contribution is 2.39. The second-order valence-corrected chi connectivity index (χ2v) is 8.31. The first-order valence-corrected chi connectivity index (χ1v) is 10.5. The fourth-order valence-electron chi connectivity index (χ4n) is 4.14. The van der Waals surface area contributed by atoms with E-state index in [1.807, 2.05) is 0 Å². The number of carbonyl (C=O) groups is 1. The summed E-state index contributed by atoms with van der Waals surface area (Å²) in [5.74, 6) is -2.36. The second kappa shape index (κ2) is 8.28. The third kappa shape index (κ3) is 4.21. The van der Waals surface area contributed by atoms with Gasteiger partial charge >= 0.3 is 6.18 Å². The minimum absolute atomic E-state index is 0.0389. The van der Waals surface area contributed by atoms with Crippen molar-refractivity contribution in [2.24, 2.45) is 0 Å².